The topological polar surface area (TPSA) is 182 Å². The summed E-state index contributed by atoms with van der Waals surface area (Å²) in [6.45, 7) is 0.0107. The number of primary amides is 1. The van der Waals surface area contributed by atoms with E-state index in [0.717, 1.165) is 11.0 Å². The van der Waals surface area contributed by atoms with Crippen LogP contribution in [0, 0.1) is 0 Å². The van der Waals surface area contributed by atoms with Crippen LogP contribution >= 0.6 is 0 Å². The van der Waals surface area contributed by atoms with Crippen LogP contribution in [0.3, 0.4) is 0 Å². The Morgan fingerprint density at radius 2 is 2.16 bits per heavy atom. The zero-order chi connectivity index (χ0) is 18.1. The molecular weight excluding hydrogens is 338 g/mol. The number of nitrogens with one attached hydrogen (secondary N) is 1. The van der Waals surface area contributed by atoms with Crippen LogP contribution in [0.15, 0.2) is 6.33 Å². The van der Waals surface area contributed by atoms with Crippen molar-refractivity contribution in [2.24, 2.45) is 5.73 Å². The molecule has 0 saturated carbocycles. The summed E-state index contributed by atoms with van der Waals surface area (Å²) in [6.07, 6.45) is -4.02. The fraction of sp³-hybridized carbons (Fsp3) is 0.692. The van der Waals surface area contributed by atoms with Crippen molar-refractivity contribution in [1.29, 1.82) is 0 Å². The second-order valence-electron chi connectivity index (χ2n) is 5.94. The fourth-order valence-electron chi connectivity index (χ4n) is 2.76. The number of esters is 1. The summed E-state index contributed by atoms with van der Waals surface area (Å²) in [5, 5.41) is 36.1. The first kappa shape index (κ1) is 17.7. The van der Waals surface area contributed by atoms with Crippen molar-refractivity contribution in [3.63, 3.8) is 0 Å². The normalized spacial score (nSPS) is 35.0. The highest BCUT2D eigenvalue weighted by Crippen LogP contribution is 2.29. The van der Waals surface area contributed by atoms with E-state index in [1.165, 1.54) is 0 Å². The van der Waals surface area contributed by atoms with Crippen molar-refractivity contribution in [2.45, 2.75) is 43.1 Å². The summed E-state index contributed by atoms with van der Waals surface area (Å²) < 4.78 is 11.6. The Balaban J connectivity index is 1.58. The third-order valence-electron chi connectivity index (χ3n) is 4.11. The molecule has 2 saturated heterocycles. The first-order valence-electron chi connectivity index (χ1n) is 7.67. The second kappa shape index (κ2) is 7.01. The van der Waals surface area contributed by atoms with Gasteiger partial charge in [0.15, 0.2) is 6.23 Å². The molecule has 0 radical (unpaired) electrons. The zero-order valence-corrected chi connectivity index (χ0v) is 13.1. The molecule has 1 aromatic rings. The lowest BCUT2D eigenvalue weighted by Gasteiger charge is -2.16. The predicted octanol–water partition coefficient (Wildman–Crippen LogP) is -3.74. The average molecular weight is 357 g/mol. The number of ether oxygens (including phenoxy) is 2. The molecule has 2 fully saturated rings. The summed E-state index contributed by atoms with van der Waals surface area (Å²) >= 11 is 0. The number of nitrogens with two attached hydrogens (primary N) is 1. The molecule has 3 heterocycles. The lowest BCUT2D eigenvalue weighted by Crippen LogP contribution is -2.37. The Kier molecular flexibility index (Phi) is 4.96. The van der Waals surface area contributed by atoms with E-state index < -0.39 is 48.6 Å². The average Bonchev–Trinajstić information content (AvgIpc) is 3.27. The van der Waals surface area contributed by atoms with Crippen LogP contribution in [0.4, 0.5) is 0 Å². The predicted molar refractivity (Wildman–Crippen MR) is 77.8 cm³/mol. The molecule has 6 N–H and O–H groups in total. The van der Waals surface area contributed by atoms with Crippen molar-refractivity contribution in [3.8, 4) is 0 Å². The van der Waals surface area contributed by atoms with Crippen molar-refractivity contribution >= 4 is 11.9 Å². The number of carbonyl (C=O) groups excluding carboxylic acids is 2. The highest BCUT2D eigenvalue weighted by atomic mass is 16.6. The summed E-state index contributed by atoms with van der Waals surface area (Å²) in [4.78, 5) is 26.6. The van der Waals surface area contributed by atoms with Crippen LogP contribution in [0.1, 0.15) is 23.3 Å². The van der Waals surface area contributed by atoms with Gasteiger partial charge in [-0.05, 0) is 0 Å². The van der Waals surface area contributed by atoms with Gasteiger partial charge in [-0.3, -0.25) is 9.59 Å². The fourth-order valence-corrected chi connectivity index (χ4v) is 2.76. The molecule has 0 spiro atoms. The number of carbonyl (C=O) groups is 2. The Morgan fingerprint density at radius 3 is 2.76 bits per heavy atom. The maximum absolute atomic E-state index is 11.9. The molecule has 1 aromatic heterocycles. The van der Waals surface area contributed by atoms with Crippen LogP contribution in [0.25, 0.3) is 0 Å². The summed E-state index contributed by atoms with van der Waals surface area (Å²) in [5.74, 6) is -1.68. The first-order valence-corrected chi connectivity index (χ1v) is 7.67. The van der Waals surface area contributed by atoms with E-state index in [4.69, 9.17) is 15.2 Å². The number of aliphatic hydroxyl groups excluding tert-OH is 3. The van der Waals surface area contributed by atoms with Crippen LogP contribution in [0.2, 0.25) is 0 Å². The van der Waals surface area contributed by atoms with Gasteiger partial charge < -0.3 is 35.8 Å². The minimum absolute atomic E-state index is 0.243. The largest absolute Gasteiger partial charge is 0.462 e. The first-order chi connectivity index (χ1) is 11.9. The SMILES string of the molecule is NC(=O)c1ncn([C@@H]2O[C@H](COC(=O)[C@H]3C[C@H](O)CN3)[C@@H](O)[C@H]2O)n1. The number of aromatic nitrogens is 3. The van der Waals surface area contributed by atoms with Gasteiger partial charge in [0.05, 0.1) is 6.10 Å². The smallest absolute Gasteiger partial charge is 0.323 e. The molecule has 0 aliphatic carbocycles. The Bertz CT molecular complexity index is 652. The van der Waals surface area contributed by atoms with Crippen molar-refractivity contribution in [2.75, 3.05) is 13.2 Å². The van der Waals surface area contributed by atoms with Crippen molar-refractivity contribution in [3.05, 3.63) is 12.2 Å². The van der Waals surface area contributed by atoms with Crippen LogP contribution in [0.5, 0.6) is 0 Å². The zero-order valence-electron chi connectivity index (χ0n) is 13.1. The molecule has 2 aliphatic heterocycles. The third kappa shape index (κ3) is 3.62. The number of hydrogen-bond acceptors (Lipinski definition) is 10. The minimum Gasteiger partial charge on any atom is -0.462 e. The number of hydrogen-bond donors (Lipinski definition) is 5. The third-order valence-corrected chi connectivity index (χ3v) is 4.11. The molecule has 0 aromatic carbocycles. The molecule has 2 aliphatic rings. The molecular formula is C13H19N5O7. The van der Waals surface area contributed by atoms with Gasteiger partial charge in [0.25, 0.3) is 5.91 Å². The lowest BCUT2D eigenvalue weighted by molar-refractivity contribution is -0.152. The van der Waals surface area contributed by atoms with Gasteiger partial charge in [-0.1, -0.05) is 0 Å². The van der Waals surface area contributed by atoms with Gasteiger partial charge >= 0.3 is 5.97 Å². The van der Waals surface area contributed by atoms with E-state index in [2.05, 4.69) is 15.4 Å². The van der Waals surface area contributed by atoms with Crippen LogP contribution in [-0.2, 0) is 14.3 Å². The highest BCUT2D eigenvalue weighted by molar-refractivity contribution is 5.88. The summed E-state index contributed by atoms with van der Waals surface area (Å²) in [7, 11) is 0. The number of β-amino-alcohol motifs (C(OH)–C–C–N with tert-alkyl or cyclic N) is 1. The van der Waals surface area contributed by atoms with Gasteiger partial charge in [0.1, 0.15) is 37.3 Å². The van der Waals surface area contributed by atoms with Gasteiger partial charge in [-0.25, -0.2) is 9.67 Å². The maximum atomic E-state index is 11.9. The molecule has 25 heavy (non-hydrogen) atoms. The minimum atomic E-state index is -1.36. The molecule has 12 nitrogen and oxygen atoms in total. The maximum Gasteiger partial charge on any atom is 0.323 e. The summed E-state index contributed by atoms with van der Waals surface area (Å²) in [5.41, 5.74) is 5.05. The van der Waals surface area contributed by atoms with Crippen LogP contribution < -0.4 is 11.1 Å². The molecule has 6 atom stereocenters. The Labute approximate surface area is 141 Å². The molecule has 0 unspecified atom stereocenters. The van der Waals surface area contributed by atoms with Crippen molar-refractivity contribution in [1.82, 2.24) is 20.1 Å². The van der Waals surface area contributed by atoms with E-state index in [1.54, 1.807) is 0 Å². The van der Waals surface area contributed by atoms with Gasteiger partial charge in [0, 0.05) is 13.0 Å². The van der Waals surface area contributed by atoms with E-state index in [0.29, 0.717) is 6.54 Å². The van der Waals surface area contributed by atoms with Crippen molar-refractivity contribution < 1.29 is 34.4 Å². The molecule has 0 bridgehead atoms. The second-order valence-corrected chi connectivity index (χ2v) is 5.94. The number of rotatable bonds is 5. The molecule has 138 valence electrons. The molecule has 12 heteroatoms. The summed E-state index contributed by atoms with van der Waals surface area (Å²) in [6, 6.07) is -0.622. The number of nitrogens with zero attached hydrogens (tertiary/aromatic N) is 3. The van der Waals surface area contributed by atoms with E-state index in [1.807, 2.05) is 0 Å². The highest BCUT2D eigenvalue weighted by Gasteiger charge is 2.45. The van der Waals surface area contributed by atoms with E-state index >= 15 is 0 Å². The lowest BCUT2D eigenvalue weighted by atomic mass is 10.1. The number of amides is 1. The molecule has 1 amide bonds. The van der Waals surface area contributed by atoms with Gasteiger partial charge in [0.2, 0.25) is 5.82 Å². The van der Waals surface area contributed by atoms with E-state index in [9.17, 15) is 24.9 Å². The van der Waals surface area contributed by atoms with Gasteiger partial charge in [-0.2, -0.15) is 0 Å². The van der Waals surface area contributed by atoms with Crippen LogP contribution in [-0.4, -0.2) is 85.6 Å². The number of aliphatic hydroxyl groups is 3. The standard InChI is InChI=1S/C13H19N5O7/c14-10(22)11-16-4-18(17-11)12-9(21)8(20)7(25-12)3-24-13(23)6-1-5(19)2-15-6/h4-9,12,15,19-21H,1-3H2,(H2,14,22)/t5-,6+,7+,8+,9+,12+/m0/s1. The quantitative estimate of drug-likeness (QED) is 0.328. The van der Waals surface area contributed by atoms with E-state index in [-0.39, 0.29) is 18.9 Å². The Hall–Kier alpha value is -2.12. The molecule has 3 rings (SSSR count). The monoisotopic (exact) mass is 357 g/mol. The van der Waals surface area contributed by atoms with Gasteiger partial charge in [-0.15, -0.1) is 5.10 Å². The Morgan fingerprint density at radius 1 is 1.40 bits per heavy atom.